The third-order valence-electron chi connectivity index (χ3n) is 11.8. The summed E-state index contributed by atoms with van der Waals surface area (Å²) in [6, 6.07) is 42.5. The summed E-state index contributed by atoms with van der Waals surface area (Å²) in [4.78, 5) is 9.50. The van der Waals surface area contributed by atoms with E-state index in [0.29, 0.717) is 0 Å². The quantitative estimate of drug-likeness (QED) is 0.172. The fraction of sp³-hybridized carbons (Fsp3) is 0.204. The minimum atomic E-state index is -0.0882. The van der Waals surface area contributed by atoms with Crippen molar-refractivity contribution in [3.63, 3.8) is 0 Å². The number of nitrogens with zero attached hydrogens (tertiary/aromatic N) is 3. The second kappa shape index (κ2) is 11.8. The highest BCUT2D eigenvalue weighted by Crippen LogP contribution is 2.52. The number of benzene rings is 5. The minimum absolute atomic E-state index is 0.00899. The Bertz CT molecular complexity index is 2570. The number of anilines is 5. The summed E-state index contributed by atoms with van der Waals surface area (Å²) in [7, 11) is 0. The molecule has 0 spiro atoms. The smallest absolute Gasteiger partial charge is 0.296 e. The van der Waals surface area contributed by atoms with E-state index in [0.717, 1.165) is 22.4 Å². The van der Waals surface area contributed by atoms with E-state index in [1.807, 2.05) is 12.4 Å². The zero-order valence-electron chi connectivity index (χ0n) is 31.8. The highest BCUT2D eigenvalue weighted by molar-refractivity contribution is 6.95. The average Bonchev–Trinajstić information content (AvgIpc) is 3.56. The molecule has 54 heavy (non-hydrogen) atoms. The van der Waals surface area contributed by atoms with Crippen molar-refractivity contribution in [3.8, 4) is 11.1 Å². The van der Waals surface area contributed by atoms with Gasteiger partial charge in [-0.3, -0.25) is 4.98 Å². The normalized spacial score (nSPS) is 18.6. The Labute approximate surface area is 319 Å². The van der Waals surface area contributed by atoms with E-state index in [1.54, 1.807) is 0 Å². The first-order valence-corrected chi connectivity index (χ1v) is 19.2. The van der Waals surface area contributed by atoms with Gasteiger partial charge in [-0.25, -0.2) is 0 Å². The van der Waals surface area contributed by atoms with Gasteiger partial charge >= 0.3 is 0 Å². The molecule has 3 aliphatic heterocycles. The van der Waals surface area contributed by atoms with E-state index in [4.69, 9.17) is 4.74 Å². The summed E-state index contributed by atoms with van der Waals surface area (Å²) in [5.74, 6) is 0.0611. The first kappa shape index (κ1) is 32.8. The van der Waals surface area contributed by atoms with Gasteiger partial charge in [-0.2, -0.15) is 0 Å². The monoisotopic (exact) mass is 701 g/mol. The van der Waals surface area contributed by atoms with E-state index < -0.39 is 0 Å². The Hall–Kier alpha value is -5.81. The van der Waals surface area contributed by atoms with Crippen molar-refractivity contribution in [2.75, 3.05) is 9.80 Å². The largest absolute Gasteiger partial charge is 0.497 e. The van der Waals surface area contributed by atoms with Gasteiger partial charge < -0.3 is 14.5 Å². The molecule has 2 atom stereocenters. The highest BCUT2D eigenvalue weighted by Gasteiger charge is 2.52. The minimum Gasteiger partial charge on any atom is -0.497 e. The van der Waals surface area contributed by atoms with Gasteiger partial charge in [0.25, 0.3) is 6.71 Å². The molecule has 264 valence electrons. The molecule has 6 aromatic rings. The lowest BCUT2D eigenvalue weighted by molar-refractivity contribution is 0.179. The van der Waals surface area contributed by atoms with Crippen LogP contribution in [-0.4, -0.2) is 17.8 Å². The van der Waals surface area contributed by atoms with Crippen molar-refractivity contribution in [1.82, 2.24) is 4.98 Å². The molecule has 10 rings (SSSR count). The maximum atomic E-state index is 7.28. The second-order valence-corrected chi connectivity index (χ2v) is 17.2. The molecule has 4 aliphatic rings. The zero-order valence-corrected chi connectivity index (χ0v) is 31.8. The number of pyridine rings is 1. The molecule has 5 aromatic carbocycles. The maximum Gasteiger partial charge on any atom is 0.296 e. The SMILES string of the molecule is CC(C)(C)C1=CC2C3=C(OC2C=C1)B1c2ccc4cnccc4c2N(c2ccccc2)c2cccc(c21)N3c1cccc(-c2ccc(C(C)(C)C)cc2)c1. The van der Waals surface area contributed by atoms with Gasteiger partial charge in [0.15, 0.2) is 0 Å². The van der Waals surface area contributed by atoms with Crippen molar-refractivity contribution in [2.24, 2.45) is 11.3 Å². The predicted octanol–water partition coefficient (Wildman–Crippen LogP) is 11.1. The lowest BCUT2D eigenvalue weighted by Gasteiger charge is -2.43. The van der Waals surface area contributed by atoms with Crippen LogP contribution in [0.4, 0.5) is 28.4 Å². The summed E-state index contributed by atoms with van der Waals surface area (Å²) in [6.45, 7) is 13.6. The molecule has 0 amide bonds. The topological polar surface area (TPSA) is 28.6 Å². The van der Waals surface area contributed by atoms with Crippen molar-refractivity contribution in [2.45, 2.75) is 53.1 Å². The van der Waals surface area contributed by atoms with E-state index >= 15 is 0 Å². The summed E-state index contributed by atoms with van der Waals surface area (Å²) < 4.78 is 7.28. The van der Waals surface area contributed by atoms with Gasteiger partial charge in [-0.15, -0.1) is 0 Å². The molecule has 2 unspecified atom stereocenters. The molecular formula is C49H44BN3O. The third kappa shape index (κ3) is 5.01. The van der Waals surface area contributed by atoms with E-state index in [1.165, 1.54) is 61.3 Å². The van der Waals surface area contributed by atoms with Gasteiger partial charge in [-0.1, -0.05) is 126 Å². The number of hydrogen-bond acceptors (Lipinski definition) is 4. The molecule has 0 saturated heterocycles. The number of aromatic nitrogens is 1. The number of allylic oxidation sites excluding steroid dienone is 2. The number of ether oxygens (including phenoxy) is 1. The van der Waals surface area contributed by atoms with Crippen molar-refractivity contribution in [1.29, 1.82) is 0 Å². The van der Waals surface area contributed by atoms with Crippen LogP contribution in [0.3, 0.4) is 0 Å². The van der Waals surface area contributed by atoms with Gasteiger partial charge in [0.1, 0.15) is 6.10 Å². The highest BCUT2D eigenvalue weighted by atomic mass is 16.5. The molecule has 0 saturated carbocycles. The van der Waals surface area contributed by atoms with Crippen LogP contribution in [0.5, 0.6) is 0 Å². The van der Waals surface area contributed by atoms with Gasteiger partial charge in [-0.05, 0) is 92.6 Å². The van der Waals surface area contributed by atoms with Crippen LogP contribution >= 0.6 is 0 Å². The third-order valence-corrected chi connectivity index (χ3v) is 11.8. The molecule has 5 heteroatoms. The molecular weight excluding hydrogens is 657 g/mol. The van der Waals surface area contributed by atoms with Gasteiger partial charge in [0, 0.05) is 51.6 Å². The summed E-state index contributed by atoms with van der Waals surface area (Å²) in [6.07, 6.45) is 10.9. The number of para-hydroxylation sites is 1. The zero-order chi connectivity index (χ0) is 36.9. The molecule has 1 aromatic heterocycles. The lowest BCUT2D eigenvalue weighted by atomic mass is 9.35. The molecule has 0 radical (unpaired) electrons. The first-order valence-electron chi connectivity index (χ1n) is 19.2. The first-order chi connectivity index (χ1) is 26.1. The van der Waals surface area contributed by atoms with Crippen LogP contribution in [0.25, 0.3) is 21.9 Å². The van der Waals surface area contributed by atoms with Crippen LogP contribution in [0.15, 0.2) is 163 Å². The van der Waals surface area contributed by atoms with Crippen molar-refractivity contribution < 1.29 is 4.74 Å². The molecule has 0 bridgehead atoms. The molecule has 1 aliphatic carbocycles. The fourth-order valence-electron chi connectivity index (χ4n) is 9.02. The molecule has 4 nitrogen and oxygen atoms in total. The fourth-order valence-corrected chi connectivity index (χ4v) is 9.02. The maximum absolute atomic E-state index is 7.28. The summed E-state index contributed by atoms with van der Waals surface area (Å²) in [5.41, 5.74) is 15.8. The van der Waals surface area contributed by atoms with Gasteiger partial charge in [0.05, 0.1) is 17.3 Å². The average molecular weight is 702 g/mol. The standard InChI is InChI=1S/C49H44BN3O/c1-48(2,3)34-21-18-31(19-22-34)32-12-10-15-37(28-32)53-42-17-11-16-41-44(42)50(47-46(53)39-29-35(49(4,5)6)23-25-43(39)54-47)40-24-20-33-30-51-27-26-38(33)45(40)52(41)36-13-8-7-9-14-36/h7-30,39,43H,1-6H3. The Morgan fingerprint density at radius 2 is 1.43 bits per heavy atom. The summed E-state index contributed by atoms with van der Waals surface area (Å²) >= 11 is 0. The molecule has 4 heterocycles. The lowest BCUT2D eigenvalue weighted by Crippen LogP contribution is -2.56. The number of fused-ring (bicyclic) bond motifs is 7. The van der Waals surface area contributed by atoms with Crippen LogP contribution < -0.4 is 20.7 Å². The Morgan fingerprint density at radius 3 is 2.19 bits per heavy atom. The second-order valence-electron chi connectivity index (χ2n) is 17.2. The molecule has 0 fully saturated rings. The number of rotatable bonds is 3. The van der Waals surface area contributed by atoms with E-state index in [9.17, 15) is 0 Å². The van der Waals surface area contributed by atoms with Crippen LogP contribution in [0.1, 0.15) is 47.1 Å². The predicted molar refractivity (Wildman–Crippen MR) is 226 cm³/mol. The number of hydrogen-bond donors (Lipinski definition) is 0. The Balaban J connectivity index is 1.24. The van der Waals surface area contributed by atoms with Crippen molar-refractivity contribution in [3.05, 3.63) is 168 Å². The molecule has 0 N–H and O–H groups in total. The Kier molecular flexibility index (Phi) is 7.20. The summed E-state index contributed by atoms with van der Waals surface area (Å²) in [5, 5.41) is 2.31. The van der Waals surface area contributed by atoms with Crippen LogP contribution in [0, 0.1) is 11.3 Å². The van der Waals surface area contributed by atoms with E-state index in [-0.39, 0.29) is 29.6 Å². The Morgan fingerprint density at radius 1 is 0.685 bits per heavy atom. The van der Waals surface area contributed by atoms with E-state index in [2.05, 4.69) is 190 Å². The van der Waals surface area contributed by atoms with Crippen LogP contribution in [0.2, 0.25) is 0 Å². The van der Waals surface area contributed by atoms with Crippen molar-refractivity contribution >= 4 is 56.8 Å². The van der Waals surface area contributed by atoms with Gasteiger partial charge in [0.2, 0.25) is 0 Å². The van der Waals surface area contributed by atoms with Crippen LogP contribution in [-0.2, 0) is 10.2 Å².